The summed E-state index contributed by atoms with van der Waals surface area (Å²) in [7, 11) is 0. The normalized spacial score (nSPS) is 22.5. The number of piperidine rings is 1. The van der Waals surface area contributed by atoms with Gasteiger partial charge in [0.2, 0.25) is 11.8 Å². The van der Waals surface area contributed by atoms with Crippen LogP contribution in [0.3, 0.4) is 0 Å². The van der Waals surface area contributed by atoms with Gasteiger partial charge in [-0.25, -0.2) is 0 Å². The van der Waals surface area contributed by atoms with Crippen LogP contribution in [0.5, 0.6) is 5.75 Å². The summed E-state index contributed by atoms with van der Waals surface area (Å²) in [5.74, 6) is 0.225. The van der Waals surface area contributed by atoms with Gasteiger partial charge in [0.25, 0.3) is 5.91 Å². The van der Waals surface area contributed by atoms with Gasteiger partial charge < -0.3 is 14.5 Å². The number of imide groups is 1. The molecule has 3 heterocycles. The van der Waals surface area contributed by atoms with Crippen LogP contribution in [0.15, 0.2) is 24.3 Å². The van der Waals surface area contributed by atoms with Crippen molar-refractivity contribution in [2.24, 2.45) is 0 Å². The van der Waals surface area contributed by atoms with E-state index >= 15 is 0 Å². The maximum Gasteiger partial charge on any atom is 0.260 e. The maximum absolute atomic E-state index is 12.8. The number of hydrogen-bond donors (Lipinski definition) is 1. The van der Waals surface area contributed by atoms with Crippen LogP contribution in [0.25, 0.3) is 5.70 Å². The molecule has 1 N–H and O–H groups in total. The molecule has 1 aromatic carbocycles. The van der Waals surface area contributed by atoms with E-state index in [-0.39, 0.29) is 30.4 Å². The van der Waals surface area contributed by atoms with Gasteiger partial charge in [0.05, 0.1) is 0 Å². The molecule has 3 amide bonds. The van der Waals surface area contributed by atoms with Gasteiger partial charge >= 0.3 is 0 Å². The van der Waals surface area contributed by atoms with Crippen molar-refractivity contribution in [2.75, 3.05) is 39.3 Å². The molecule has 2 fully saturated rings. The summed E-state index contributed by atoms with van der Waals surface area (Å²) in [5.41, 5.74) is 3.01. The number of ether oxygens (including phenoxy) is 1. The van der Waals surface area contributed by atoms with E-state index < -0.39 is 0 Å². The fourth-order valence-corrected chi connectivity index (χ4v) is 4.96. The number of hydrogen-bond acceptors (Lipinski definition) is 6. The van der Waals surface area contributed by atoms with E-state index in [4.69, 9.17) is 4.74 Å². The second-order valence-corrected chi connectivity index (χ2v) is 8.89. The molecule has 0 spiro atoms. The molecule has 8 nitrogen and oxygen atoms in total. The number of rotatable bonds is 7. The Hall–Kier alpha value is -2.87. The number of piperazine rings is 1. The third kappa shape index (κ3) is 5.05. The van der Waals surface area contributed by atoms with E-state index in [0.29, 0.717) is 25.1 Å². The molecule has 1 aromatic rings. The highest BCUT2D eigenvalue weighted by Gasteiger charge is 2.38. The van der Waals surface area contributed by atoms with Crippen molar-refractivity contribution in [3.8, 4) is 5.75 Å². The van der Waals surface area contributed by atoms with E-state index in [2.05, 4.69) is 35.0 Å². The minimum Gasteiger partial charge on any atom is -0.483 e. The smallest absolute Gasteiger partial charge is 0.260 e. The second kappa shape index (κ2) is 10.4. The molecule has 0 saturated carbocycles. The SMILES string of the molecule is CC/C=C1\c2cccc(OCC(=O)N3CCN(CCC)CC3)c2CN1C1CCC(=O)NC1=O. The highest BCUT2D eigenvalue weighted by Crippen LogP contribution is 2.40. The number of nitrogens with zero attached hydrogens (tertiary/aromatic N) is 3. The zero-order valence-electron chi connectivity index (χ0n) is 19.6. The molecule has 0 aliphatic carbocycles. The zero-order valence-corrected chi connectivity index (χ0v) is 19.6. The third-order valence-corrected chi connectivity index (χ3v) is 6.65. The highest BCUT2D eigenvalue weighted by atomic mass is 16.5. The third-order valence-electron chi connectivity index (χ3n) is 6.65. The van der Waals surface area contributed by atoms with Gasteiger partial charge in [-0.2, -0.15) is 0 Å². The van der Waals surface area contributed by atoms with Crippen LogP contribution in [-0.2, 0) is 20.9 Å². The topological polar surface area (TPSA) is 82.2 Å². The molecule has 0 bridgehead atoms. The lowest BCUT2D eigenvalue weighted by molar-refractivity contribution is -0.137. The average molecular weight is 455 g/mol. The lowest BCUT2D eigenvalue weighted by atomic mass is 10.0. The number of benzene rings is 1. The first-order valence-corrected chi connectivity index (χ1v) is 12.1. The maximum atomic E-state index is 12.8. The van der Waals surface area contributed by atoms with Gasteiger partial charge in [0, 0.05) is 56.0 Å². The van der Waals surface area contributed by atoms with E-state index in [1.807, 2.05) is 23.1 Å². The van der Waals surface area contributed by atoms with Gasteiger partial charge in [-0.15, -0.1) is 0 Å². The zero-order chi connectivity index (χ0) is 23.4. The quantitative estimate of drug-likeness (QED) is 0.635. The number of fused-ring (bicyclic) bond motifs is 1. The van der Waals surface area contributed by atoms with Crippen LogP contribution in [0.2, 0.25) is 0 Å². The molecular weight excluding hydrogens is 420 g/mol. The van der Waals surface area contributed by atoms with Gasteiger partial charge in [-0.05, 0) is 31.9 Å². The van der Waals surface area contributed by atoms with Gasteiger partial charge in [0.15, 0.2) is 6.61 Å². The van der Waals surface area contributed by atoms with Crippen LogP contribution in [0.4, 0.5) is 0 Å². The average Bonchev–Trinajstić information content (AvgIpc) is 3.17. The first-order valence-electron chi connectivity index (χ1n) is 12.1. The summed E-state index contributed by atoms with van der Waals surface area (Å²) in [4.78, 5) is 43.3. The molecule has 3 aliphatic rings. The molecule has 0 aromatic heterocycles. The van der Waals surface area contributed by atoms with Crippen molar-refractivity contribution < 1.29 is 19.1 Å². The summed E-state index contributed by atoms with van der Waals surface area (Å²) in [6.45, 7) is 9.14. The van der Waals surface area contributed by atoms with E-state index in [0.717, 1.165) is 62.4 Å². The Labute approximate surface area is 195 Å². The predicted molar refractivity (Wildman–Crippen MR) is 125 cm³/mol. The Balaban J connectivity index is 1.44. The monoisotopic (exact) mass is 454 g/mol. The van der Waals surface area contributed by atoms with Gasteiger partial charge in [-0.3, -0.25) is 24.6 Å². The lowest BCUT2D eigenvalue weighted by Gasteiger charge is -2.34. The summed E-state index contributed by atoms with van der Waals surface area (Å²) < 4.78 is 6.03. The Morgan fingerprint density at radius 2 is 1.97 bits per heavy atom. The molecule has 4 rings (SSSR count). The van der Waals surface area contributed by atoms with Crippen molar-refractivity contribution in [2.45, 2.75) is 52.1 Å². The Morgan fingerprint density at radius 3 is 2.67 bits per heavy atom. The van der Waals surface area contributed by atoms with Crippen molar-refractivity contribution in [1.82, 2.24) is 20.0 Å². The Kier molecular flexibility index (Phi) is 7.33. The Morgan fingerprint density at radius 1 is 1.18 bits per heavy atom. The number of carbonyl (C=O) groups excluding carboxylic acids is 3. The van der Waals surface area contributed by atoms with Crippen LogP contribution >= 0.6 is 0 Å². The first kappa shape index (κ1) is 23.3. The number of nitrogens with one attached hydrogen (secondary N) is 1. The summed E-state index contributed by atoms with van der Waals surface area (Å²) in [6.07, 6.45) is 4.90. The molecule has 1 unspecified atom stereocenters. The van der Waals surface area contributed by atoms with Gasteiger partial charge in [-0.1, -0.05) is 32.1 Å². The fourth-order valence-electron chi connectivity index (χ4n) is 4.96. The summed E-state index contributed by atoms with van der Waals surface area (Å²) >= 11 is 0. The minimum absolute atomic E-state index is 0.00750. The molecule has 3 aliphatic heterocycles. The molecule has 0 radical (unpaired) electrons. The predicted octanol–water partition coefficient (Wildman–Crippen LogP) is 1.99. The number of carbonyl (C=O) groups is 3. The highest BCUT2D eigenvalue weighted by molar-refractivity contribution is 6.01. The first-order chi connectivity index (χ1) is 16.0. The van der Waals surface area contributed by atoms with Crippen LogP contribution in [0.1, 0.15) is 50.7 Å². The number of amides is 3. The van der Waals surface area contributed by atoms with Crippen LogP contribution < -0.4 is 10.1 Å². The van der Waals surface area contributed by atoms with Crippen molar-refractivity contribution >= 4 is 23.4 Å². The van der Waals surface area contributed by atoms with Crippen LogP contribution in [0, 0.1) is 0 Å². The fraction of sp³-hybridized carbons (Fsp3) is 0.560. The van der Waals surface area contributed by atoms with E-state index in [9.17, 15) is 14.4 Å². The van der Waals surface area contributed by atoms with Crippen molar-refractivity contribution in [3.05, 3.63) is 35.4 Å². The Bertz CT molecular complexity index is 936. The molecule has 8 heteroatoms. The molecule has 1 atom stereocenters. The lowest BCUT2D eigenvalue weighted by Crippen LogP contribution is -2.50. The second-order valence-electron chi connectivity index (χ2n) is 8.89. The van der Waals surface area contributed by atoms with Crippen molar-refractivity contribution in [1.29, 1.82) is 0 Å². The van der Waals surface area contributed by atoms with Crippen molar-refractivity contribution in [3.63, 3.8) is 0 Å². The summed E-state index contributed by atoms with van der Waals surface area (Å²) in [6, 6.07) is 5.47. The van der Waals surface area contributed by atoms with Gasteiger partial charge in [0.1, 0.15) is 11.8 Å². The van der Waals surface area contributed by atoms with E-state index in [1.54, 1.807) is 0 Å². The molecule has 33 heavy (non-hydrogen) atoms. The van der Waals surface area contributed by atoms with E-state index in [1.165, 1.54) is 0 Å². The standard InChI is InChI=1S/C25H34N4O4/c1-3-6-20-18-7-5-8-22(19(18)16-29(20)21-9-10-23(30)26-25(21)32)33-17-24(31)28-14-12-27(11-4-2)13-15-28/h5-8,21H,3-4,9-17H2,1-2H3,(H,26,30,32)/b20-6+. The molecule has 178 valence electrons. The largest absolute Gasteiger partial charge is 0.483 e. The van der Waals surface area contributed by atoms with Crippen LogP contribution in [-0.4, -0.2) is 77.8 Å². The minimum atomic E-state index is -0.387. The summed E-state index contributed by atoms with van der Waals surface area (Å²) in [5, 5.41) is 2.47. The molecular formula is C25H34N4O4. The number of allylic oxidation sites excluding steroid dienone is 1. The molecule has 2 saturated heterocycles.